The van der Waals surface area contributed by atoms with Crippen molar-refractivity contribution in [2.75, 3.05) is 36.5 Å². The number of ether oxygens (including phenoxy) is 1. The van der Waals surface area contributed by atoms with E-state index in [1.54, 1.807) is 6.20 Å². The van der Waals surface area contributed by atoms with E-state index in [-0.39, 0.29) is 5.91 Å². The van der Waals surface area contributed by atoms with Crippen molar-refractivity contribution in [2.45, 2.75) is 0 Å². The van der Waals surface area contributed by atoms with Crippen LogP contribution in [0, 0.1) is 0 Å². The van der Waals surface area contributed by atoms with Crippen molar-refractivity contribution in [1.29, 1.82) is 0 Å². The van der Waals surface area contributed by atoms with Gasteiger partial charge in [0.25, 0.3) is 5.91 Å². The Morgan fingerprint density at radius 3 is 2.76 bits per heavy atom. The summed E-state index contributed by atoms with van der Waals surface area (Å²) >= 11 is 4.76. The molecule has 1 saturated heterocycles. The van der Waals surface area contributed by atoms with Crippen molar-refractivity contribution in [3.8, 4) is 0 Å². The lowest BCUT2D eigenvalue weighted by atomic mass is 10.3. The molecule has 0 aromatic carbocycles. The lowest BCUT2D eigenvalue weighted by Crippen LogP contribution is -2.36. The number of nitrogens with zero attached hydrogens (tertiary/aromatic N) is 2. The first-order valence-corrected chi connectivity index (χ1v) is 8.24. The molecule has 1 amide bonds. The van der Waals surface area contributed by atoms with Gasteiger partial charge in [-0.05, 0) is 39.5 Å². The first-order chi connectivity index (χ1) is 10.2. The number of hydrogen-bond donors (Lipinski definition) is 1. The van der Waals surface area contributed by atoms with Gasteiger partial charge in [0.15, 0.2) is 0 Å². The molecule has 3 heterocycles. The Morgan fingerprint density at radius 2 is 2.14 bits per heavy atom. The Labute approximate surface area is 135 Å². The van der Waals surface area contributed by atoms with Crippen LogP contribution in [0.2, 0.25) is 0 Å². The van der Waals surface area contributed by atoms with E-state index in [0.29, 0.717) is 10.6 Å². The minimum absolute atomic E-state index is 0.127. The largest absolute Gasteiger partial charge is 0.378 e. The van der Waals surface area contributed by atoms with Gasteiger partial charge in [0.2, 0.25) is 0 Å². The molecule has 0 unspecified atom stereocenters. The molecule has 5 nitrogen and oxygen atoms in total. The number of carbonyl (C=O) groups excluding carboxylic acids is 1. The Balaban J connectivity index is 1.67. The van der Waals surface area contributed by atoms with Gasteiger partial charge in [0.1, 0.15) is 10.7 Å². The average Bonchev–Trinajstić information content (AvgIpc) is 2.95. The van der Waals surface area contributed by atoms with E-state index in [4.69, 9.17) is 4.74 Å². The van der Waals surface area contributed by atoms with Crippen LogP contribution in [-0.2, 0) is 4.74 Å². The van der Waals surface area contributed by atoms with E-state index in [1.807, 2.05) is 23.6 Å². The van der Waals surface area contributed by atoms with Crippen molar-refractivity contribution in [3.63, 3.8) is 0 Å². The van der Waals surface area contributed by atoms with E-state index >= 15 is 0 Å². The highest BCUT2D eigenvalue weighted by atomic mass is 79.9. The fourth-order valence-electron chi connectivity index (χ4n) is 2.08. The third-order valence-corrected chi connectivity index (χ3v) is 5.00. The van der Waals surface area contributed by atoms with Crippen LogP contribution in [0.25, 0.3) is 0 Å². The molecule has 0 saturated carbocycles. The van der Waals surface area contributed by atoms with Gasteiger partial charge < -0.3 is 15.0 Å². The molecule has 7 heteroatoms. The normalized spacial score (nSPS) is 15.0. The fraction of sp³-hybridized carbons (Fsp3) is 0.286. The van der Waals surface area contributed by atoms with Gasteiger partial charge in [-0.1, -0.05) is 0 Å². The number of pyridine rings is 1. The second-order valence-corrected chi connectivity index (χ2v) is 6.33. The summed E-state index contributed by atoms with van der Waals surface area (Å²) in [6.45, 7) is 3.15. The van der Waals surface area contributed by atoms with Crippen LogP contribution in [0.1, 0.15) is 9.67 Å². The highest BCUT2D eigenvalue weighted by molar-refractivity contribution is 9.10. The second kappa shape index (κ2) is 6.55. The summed E-state index contributed by atoms with van der Waals surface area (Å²) in [5.74, 6) is 0.784. The number of carbonyl (C=O) groups is 1. The first-order valence-electron chi connectivity index (χ1n) is 6.57. The third-order valence-electron chi connectivity index (χ3n) is 3.16. The van der Waals surface area contributed by atoms with Gasteiger partial charge in [-0.2, -0.15) is 0 Å². The van der Waals surface area contributed by atoms with Gasteiger partial charge in [0, 0.05) is 17.6 Å². The topological polar surface area (TPSA) is 54.5 Å². The minimum atomic E-state index is -0.127. The van der Waals surface area contributed by atoms with Crippen LogP contribution < -0.4 is 10.2 Å². The monoisotopic (exact) mass is 367 g/mol. The Kier molecular flexibility index (Phi) is 4.52. The number of morpholine rings is 1. The molecule has 0 bridgehead atoms. The number of aromatic nitrogens is 1. The predicted octanol–water partition coefficient (Wildman–Crippen LogP) is 2.99. The number of thiophene rings is 1. The summed E-state index contributed by atoms with van der Waals surface area (Å²) in [5.41, 5.74) is 0.692. The van der Waals surface area contributed by atoms with E-state index in [0.717, 1.165) is 36.6 Å². The summed E-state index contributed by atoms with van der Waals surface area (Å²) in [7, 11) is 0. The molecule has 21 heavy (non-hydrogen) atoms. The van der Waals surface area contributed by atoms with E-state index in [1.165, 1.54) is 11.3 Å². The van der Waals surface area contributed by atoms with Crippen molar-refractivity contribution >= 4 is 44.7 Å². The maximum atomic E-state index is 12.1. The van der Waals surface area contributed by atoms with E-state index in [2.05, 4.69) is 31.1 Å². The van der Waals surface area contributed by atoms with Crippen molar-refractivity contribution in [2.24, 2.45) is 0 Å². The number of nitrogens with one attached hydrogen (secondary N) is 1. The fourth-order valence-corrected chi connectivity index (χ4v) is 3.53. The maximum Gasteiger partial charge on any atom is 0.266 e. The molecule has 2 aromatic rings. The zero-order valence-electron chi connectivity index (χ0n) is 11.2. The maximum absolute atomic E-state index is 12.1. The zero-order chi connectivity index (χ0) is 14.7. The lowest BCUT2D eigenvalue weighted by molar-refractivity contribution is 0.103. The molecule has 0 radical (unpaired) electrons. The average molecular weight is 368 g/mol. The van der Waals surface area contributed by atoms with Gasteiger partial charge in [-0.25, -0.2) is 4.98 Å². The summed E-state index contributed by atoms with van der Waals surface area (Å²) < 4.78 is 6.13. The van der Waals surface area contributed by atoms with E-state index in [9.17, 15) is 4.79 Å². The SMILES string of the molecule is O=C(Nc1ccc(N2CCOCC2)nc1)c1sccc1Br. The van der Waals surface area contributed by atoms with Crippen LogP contribution >= 0.6 is 27.3 Å². The number of rotatable bonds is 3. The second-order valence-electron chi connectivity index (χ2n) is 4.56. The summed E-state index contributed by atoms with van der Waals surface area (Å²) in [4.78, 5) is 19.3. The Morgan fingerprint density at radius 1 is 1.33 bits per heavy atom. The Bertz CT molecular complexity index is 623. The highest BCUT2D eigenvalue weighted by Gasteiger charge is 2.14. The zero-order valence-corrected chi connectivity index (χ0v) is 13.6. The smallest absolute Gasteiger partial charge is 0.266 e. The van der Waals surface area contributed by atoms with Crippen LogP contribution in [-0.4, -0.2) is 37.2 Å². The molecule has 0 spiro atoms. The first kappa shape index (κ1) is 14.5. The lowest BCUT2D eigenvalue weighted by Gasteiger charge is -2.27. The molecule has 1 aliphatic rings. The molecule has 110 valence electrons. The standard InChI is InChI=1S/C14H14BrN3O2S/c15-11-3-8-21-13(11)14(19)17-10-1-2-12(16-9-10)18-4-6-20-7-5-18/h1-3,8-9H,4-7H2,(H,17,19). The van der Waals surface area contributed by atoms with Gasteiger partial charge in [-0.15, -0.1) is 11.3 Å². The predicted molar refractivity (Wildman–Crippen MR) is 87.2 cm³/mol. The third kappa shape index (κ3) is 3.42. The van der Waals surface area contributed by atoms with Crippen molar-refractivity contribution in [1.82, 2.24) is 4.98 Å². The summed E-state index contributed by atoms with van der Waals surface area (Å²) in [5, 5.41) is 4.72. The number of amides is 1. The molecular formula is C14H14BrN3O2S. The van der Waals surface area contributed by atoms with Gasteiger partial charge >= 0.3 is 0 Å². The number of anilines is 2. The Hall–Kier alpha value is -1.44. The molecule has 3 rings (SSSR count). The molecule has 1 fully saturated rings. The molecule has 1 N–H and O–H groups in total. The molecule has 2 aromatic heterocycles. The number of hydrogen-bond acceptors (Lipinski definition) is 5. The molecular weight excluding hydrogens is 354 g/mol. The molecule has 1 aliphatic heterocycles. The summed E-state index contributed by atoms with van der Waals surface area (Å²) in [6, 6.07) is 5.65. The van der Waals surface area contributed by atoms with E-state index < -0.39 is 0 Å². The van der Waals surface area contributed by atoms with Crippen molar-refractivity contribution < 1.29 is 9.53 Å². The highest BCUT2D eigenvalue weighted by Crippen LogP contribution is 2.24. The van der Waals surface area contributed by atoms with Crippen molar-refractivity contribution in [3.05, 3.63) is 39.1 Å². The molecule has 0 atom stereocenters. The van der Waals surface area contributed by atoms with Crippen LogP contribution in [0.3, 0.4) is 0 Å². The molecule has 0 aliphatic carbocycles. The van der Waals surface area contributed by atoms with Gasteiger partial charge in [-0.3, -0.25) is 4.79 Å². The number of halogens is 1. The van der Waals surface area contributed by atoms with Crippen LogP contribution in [0.5, 0.6) is 0 Å². The minimum Gasteiger partial charge on any atom is -0.378 e. The van der Waals surface area contributed by atoms with Crippen LogP contribution in [0.15, 0.2) is 34.2 Å². The van der Waals surface area contributed by atoms with Gasteiger partial charge in [0.05, 0.1) is 25.1 Å². The summed E-state index contributed by atoms with van der Waals surface area (Å²) in [6.07, 6.45) is 1.68. The quantitative estimate of drug-likeness (QED) is 0.905. The van der Waals surface area contributed by atoms with Crippen LogP contribution in [0.4, 0.5) is 11.5 Å².